The summed E-state index contributed by atoms with van der Waals surface area (Å²) in [4.78, 5) is 43.1. The Balaban J connectivity index is 1.93. The zero-order valence-electron chi connectivity index (χ0n) is 16.5. The molecule has 3 rings (SSSR count). The fourth-order valence-electron chi connectivity index (χ4n) is 3.65. The van der Waals surface area contributed by atoms with Crippen molar-refractivity contribution in [2.75, 3.05) is 6.61 Å². The highest BCUT2D eigenvalue weighted by molar-refractivity contribution is 7.20. The summed E-state index contributed by atoms with van der Waals surface area (Å²) in [5, 5.41) is 0.361. The van der Waals surface area contributed by atoms with E-state index in [4.69, 9.17) is 9.47 Å². The first-order chi connectivity index (χ1) is 13.5. The van der Waals surface area contributed by atoms with Crippen molar-refractivity contribution in [2.45, 2.75) is 71.4 Å². The monoisotopic (exact) mass is 406 g/mol. The second-order valence-electron chi connectivity index (χ2n) is 7.03. The Bertz CT molecular complexity index is 927. The summed E-state index contributed by atoms with van der Waals surface area (Å²) >= 11 is 1.14. The van der Waals surface area contributed by atoms with Gasteiger partial charge in [-0.25, -0.2) is 14.6 Å². The summed E-state index contributed by atoms with van der Waals surface area (Å²) in [5.41, 5.74) is 0.211. The predicted octanol–water partition coefficient (Wildman–Crippen LogP) is 3.77. The maximum absolute atomic E-state index is 13.1. The molecule has 1 saturated carbocycles. The van der Waals surface area contributed by atoms with Gasteiger partial charge in [-0.3, -0.25) is 9.36 Å². The standard InChI is InChI=1S/C20H26N2O5S/c1-4-14(19(24)27-13-9-7-6-8-10-13)22-11-21-17-15(18(22)23)12(3)16(28-17)20(25)26-5-2/h11,13-14H,4-10H2,1-3H3. The molecular formula is C20H26N2O5S. The summed E-state index contributed by atoms with van der Waals surface area (Å²) in [6.45, 7) is 5.54. The van der Waals surface area contributed by atoms with E-state index >= 15 is 0 Å². The van der Waals surface area contributed by atoms with Gasteiger partial charge in [-0.05, 0) is 51.5 Å². The van der Waals surface area contributed by atoms with Crippen molar-refractivity contribution in [3.63, 3.8) is 0 Å². The largest absolute Gasteiger partial charge is 0.462 e. The molecule has 1 fully saturated rings. The molecule has 0 aromatic carbocycles. The summed E-state index contributed by atoms with van der Waals surface area (Å²) in [6, 6.07) is -0.725. The van der Waals surface area contributed by atoms with Gasteiger partial charge in [0.25, 0.3) is 5.56 Å². The molecule has 7 nitrogen and oxygen atoms in total. The zero-order valence-corrected chi connectivity index (χ0v) is 17.3. The van der Waals surface area contributed by atoms with Gasteiger partial charge in [-0.1, -0.05) is 13.3 Å². The lowest BCUT2D eigenvalue weighted by molar-refractivity contribution is -0.154. The van der Waals surface area contributed by atoms with Crippen LogP contribution in [0.2, 0.25) is 0 Å². The number of thiophene rings is 1. The Labute approximate surface area is 167 Å². The van der Waals surface area contributed by atoms with E-state index in [2.05, 4.69) is 4.98 Å². The summed E-state index contributed by atoms with van der Waals surface area (Å²) in [5.74, 6) is -0.853. The molecule has 0 saturated heterocycles. The number of nitrogens with zero attached hydrogens (tertiary/aromatic N) is 2. The van der Waals surface area contributed by atoms with Gasteiger partial charge in [0, 0.05) is 0 Å². The van der Waals surface area contributed by atoms with E-state index in [1.807, 2.05) is 6.92 Å². The number of hydrogen-bond donors (Lipinski definition) is 0. The first-order valence-electron chi connectivity index (χ1n) is 9.85. The predicted molar refractivity (Wildman–Crippen MR) is 107 cm³/mol. The molecule has 2 aromatic heterocycles. The molecule has 2 heterocycles. The number of hydrogen-bond acceptors (Lipinski definition) is 7. The number of aromatic nitrogens is 2. The summed E-state index contributed by atoms with van der Waals surface area (Å²) in [7, 11) is 0. The van der Waals surface area contributed by atoms with E-state index in [0.717, 1.165) is 37.0 Å². The average molecular weight is 407 g/mol. The Morgan fingerprint density at radius 2 is 2.00 bits per heavy atom. The molecule has 0 radical (unpaired) electrons. The maximum atomic E-state index is 13.1. The van der Waals surface area contributed by atoms with Crippen molar-refractivity contribution in [3.05, 3.63) is 27.1 Å². The number of ether oxygens (including phenoxy) is 2. The minimum atomic E-state index is -0.725. The minimum Gasteiger partial charge on any atom is -0.462 e. The second kappa shape index (κ2) is 8.86. The first-order valence-corrected chi connectivity index (χ1v) is 10.7. The average Bonchev–Trinajstić information content (AvgIpc) is 3.02. The van der Waals surface area contributed by atoms with Crippen LogP contribution in [0.5, 0.6) is 0 Å². The molecule has 1 aliphatic rings. The van der Waals surface area contributed by atoms with E-state index < -0.39 is 18.0 Å². The van der Waals surface area contributed by atoms with Gasteiger partial charge in [-0.15, -0.1) is 11.3 Å². The van der Waals surface area contributed by atoms with Gasteiger partial charge in [0.15, 0.2) is 0 Å². The van der Waals surface area contributed by atoms with Gasteiger partial charge >= 0.3 is 11.9 Å². The van der Waals surface area contributed by atoms with Crippen LogP contribution in [0.4, 0.5) is 0 Å². The third-order valence-electron chi connectivity index (χ3n) is 5.17. The number of esters is 2. The quantitative estimate of drug-likeness (QED) is 0.679. The van der Waals surface area contributed by atoms with Crippen LogP contribution in [0, 0.1) is 6.92 Å². The highest BCUT2D eigenvalue weighted by Gasteiger charge is 2.28. The maximum Gasteiger partial charge on any atom is 0.348 e. The highest BCUT2D eigenvalue weighted by atomic mass is 32.1. The van der Waals surface area contributed by atoms with Crippen molar-refractivity contribution in [2.24, 2.45) is 0 Å². The molecule has 0 amide bonds. The normalized spacial score (nSPS) is 16.1. The van der Waals surface area contributed by atoms with E-state index in [0.29, 0.717) is 27.1 Å². The number of rotatable bonds is 6. The third-order valence-corrected chi connectivity index (χ3v) is 6.35. The van der Waals surface area contributed by atoms with E-state index in [9.17, 15) is 14.4 Å². The van der Waals surface area contributed by atoms with Crippen molar-refractivity contribution in [1.29, 1.82) is 0 Å². The molecule has 152 valence electrons. The number of fused-ring (bicyclic) bond motifs is 1. The highest BCUT2D eigenvalue weighted by Crippen LogP contribution is 2.28. The first kappa shape index (κ1) is 20.5. The molecule has 8 heteroatoms. The van der Waals surface area contributed by atoms with Crippen LogP contribution >= 0.6 is 11.3 Å². The van der Waals surface area contributed by atoms with Crippen LogP contribution in [0.25, 0.3) is 10.2 Å². The lowest BCUT2D eigenvalue weighted by Gasteiger charge is -2.25. The molecule has 0 aliphatic heterocycles. The number of carbonyl (C=O) groups excluding carboxylic acids is 2. The SMILES string of the molecule is CCOC(=O)c1sc2ncn(C(CC)C(=O)OC3CCCCC3)c(=O)c2c1C. The molecule has 28 heavy (non-hydrogen) atoms. The summed E-state index contributed by atoms with van der Waals surface area (Å²) < 4.78 is 12.1. The van der Waals surface area contributed by atoms with Crippen LogP contribution in [0.3, 0.4) is 0 Å². The van der Waals surface area contributed by atoms with Crippen molar-refractivity contribution in [1.82, 2.24) is 9.55 Å². The van der Waals surface area contributed by atoms with Gasteiger partial charge in [0.05, 0.1) is 18.3 Å². The molecular weight excluding hydrogens is 380 g/mol. The second-order valence-corrected chi connectivity index (χ2v) is 8.03. The van der Waals surface area contributed by atoms with Crippen molar-refractivity contribution in [3.8, 4) is 0 Å². The van der Waals surface area contributed by atoms with E-state index in [1.165, 1.54) is 17.3 Å². The van der Waals surface area contributed by atoms with E-state index in [-0.39, 0.29) is 18.3 Å². The van der Waals surface area contributed by atoms with Gasteiger partial charge in [-0.2, -0.15) is 0 Å². The molecule has 0 spiro atoms. The smallest absolute Gasteiger partial charge is 0.348 e. The molecule has 0 bridgehead atoms. The molecule has 1 atom stereocenters. The van der Waals surface area contributed by atoms with E-state index in [1.54, 1.807) is 13.8 Å². The fourth-order valence-corrected chi connectivity index (χ4v) is 4.69. The third kappa shape index (κ3) is 3.97. The van der Waals surface area contributed by atoms with Crippen LogP contribution < -0.4 is 5.56 Å². The van der Waals surface area contributed by atoms with Gasteiger partial charge in [0.2, 0.25) is 0 Å². The lowest BCUT2D eigenvalue weighted by Crippen LogP contribution is -2.33. The van der Waals surface area contributed by atoms with Crippen LogP contribution in [0.15, 0.2) is 11.1 Å². The Hall–Kier alpha value is -2.22. The zero-order chi connectivity index (χ0) is 20.3. The lowest BCUT2D eigenvalue weighted by atomic mass is 9.98. The van der Waals surface area contributed by atoms with Crippen molar-refractivity contribution >= 4 is 33.5 Å². The minimum absolute atomic E-state index is 0.0685. The molecule has 2 aromatic rings. The molecule has 1 unspecified atom stereocenters. The number of aryl methyl sites for hydroxylation is 1. The van der Waals surface area contributed by atoms with Crippen LogP contribution in [-0.4, -0.2) is 34.2 Å². The van der Waals surface area contributed by atoms with Crippen LogP contribution in [0.1, 0.15) is 73.6 Å². The topological polar surface area (TPSA) is 87.5 Å². The Kier molecular flexibility index (Phi) is 6.49. The Morgan fingerprint density at radius 1 is 1.29 bits per heavy atom. The van der Waals surface area contributed by atoms with Crippen molar-refractivity contribution < 1.29 is 19.1 Å². The summed E-state index contributed by atoms with van der Waals surface area (Å²) in [6.07, 6.45) is 6.78. The van der Waals surface area contributed by atoms with Crippen LogP contribution in [-0.2, 0) is 14.3 Å². The molecule has 0 N–H and O–H groups in total. The molecule has 1 aliphatic carbocycles. The Morgan fingerprint density at radius 3 is 2.64 bits per heavy atom. The fraction of sp³-hybridized carbons (Fsp3) is 0.600. The van der Waals surface area contributed by atoms with Gasteiger partial charge < -0.3 is 9.47 Å². The number of carbonyl (C=O) groups is 2. The van der Waals surface area contributed by atoms with Gasteiger partial charge in [0.1, 0.15) is 21.9 Å².